The van der Waals surface area contributed by atoms with E-state index in [1.807, 2.05) is 0 Å². The molecule has 1 rings (SSSR count). The van der Waals surface area contributed by atoms with Gasteiger partial charge in [-0.3, -0.25) is 0 Å². The van der Waals surface area contributed by atoms with Crippen molar-refractivity contribution in [3.05, 3.63) is 0 Å². The average Bonchev–Trinajstić information content (AvgIpc) is 2.30. The summed E-state index contributed by atoms with van der Waals surface area (Å²) in [6.45, 7) is 8.18. The standard InChI is InChI=1S/C14H28ClNO/c1-12(2)7-9-17-10-8-16-11-13-5-3-4-6-14(13)15/h12-14,16H,3-11H2,1-2H3. The van der Waals surface area contributed by atoms with Crippen molar-refractivity contribution in [2.45, 2.75) is 51.3 Å². The molecule has 1 N–H and O–H groups in total. The number of hydrogen-bond donors (Lipinski definition) is 1. The molecule has 0 bridgehead atoms. The third-order valence-corrected chi connectivity index (χ3v) is 4.06. The van der Waals surface area contributed by atoms with E-state index in [1.54, 1.807) is 0 Å². The maximum atomic E-state index is 6.31. The Morgan fingerprint density at radius 3 is 2.71 bits per heavy atom. The lowest BCUT2D eigenvalue weighted by molar-refractivity contribution is 0.124. The fraction of sp³-hybridized carbons (Fsp3) is 1.00. The second-order valence-corrected chi connectivity index (χ2v) is 6.12. The van der Waals surface area contributed by atoms with Crippen molar-refractivity contribution in [2.75, 3.05) is 26.3 Å². The van der Waals surface area contributed by atoms with Gasteiger partial charge in [0.05, 0.1) is 6.61 Å². The van der Waals surface area contributed by atoms with Crippen LogP contribution in [0.4, 0.5) is 0 Å². The van der Waals surface area contributed by atoms with Crippen molar-refractivity contribution in [2.24, 2.45) is 11.8 Å². The van der Waals surface area contributed by atoms with E-state index >= 15 is 0 Å². The Bertz CT molecular complexity index is 187. The summed E-state index contributed by atoms with van der Waals surface area (Å²) in [5.74, 6) is 1.41. The van der Waals surface area contributed by atoms with Crippen molar-refractivity contribution in [1.82, 2.24) is 5.32 Å². The van der Waals surface area contributed by atoms with Crippen LogP contribution in [-0.4, -0.2) is 31.7 Å². The highest BCUT2D eigenvalue weighted by molar-refractivity contribution is 6.20. The van der Waals surface area contributed by atoms with Gasteiger partial charge in [-0.2, -0.15) is 0 Å². The van der Waals surface area contributed by atoms with E-state index in [2.05, 4.69) is 19.2 Å². The highest BCUT2D eigenvalue weighted by atomic mass is 35.5. The normalized spacial score (nSPS) is 25.4. The van der Waals surface area contributed by atoms with E-state index < -0.39 is 0 Å². The molecule has 1 aliphatic carbocycles. The fourth-order valence-electron chi connectivity index (χ4n) is 2.25. The van der Waals surface area contributed by atoms with Crippen LogP contribution in [0.2, 0.25) is 0 Å². The molecule has 0 radical (unpaired) electrons. The number of halogens is 1. The van der Waals surface area contributed by atoms with Gasteiger partial charge < -0.3 is 10.1 Å². The lowest BCUT2D eigenvalue weighted by atomic mass is 9.89. The van der Waals surface area contributed by atoms with Crippen LogP contribution in [0.5, 0.6) is 0 Å². The Hall–Kier alpha value is 0.210. The van der Waals surface area contributed by atoms with Crippen LogP contribution in [0.15, 0.2) is 0 Å². The zero-order chi connectivity index (χ0) is 12.5. The summed E-state index contributed by atoms with van der Waals surface area (Å²) in [4.78, 5) is 0. The van der Waals surface area contributed by atoms with Gasteiger partial charge in [0.15, 0.2) is 0 Å². The Balaban J connectivity index is 1.89. The monoisotopic (exact) mass is 261 g/mol. The zero-order valence-corrected chi connectivity index (χ0v) is 12.1. The number of alkyl halides is 1. The highest BCUT2D eigenvalue weighted by Gasteiger charge is 2.22. The predicted molar refractivity (Wildman–Crippen MR) is 74.7 cm³/mol. The van der Waals surface area contributed by atoms with Crippen molar-refractivity contribution in [3.63, 3.8) is 0 Å². The van der Waals surface area contributed by atoms with Crippen molar-refractivity contribution >= 4 is 11.6 Å². The van der Waals surface area contributed by atoms with E-state index in [0.29, 0.717) is 11.3 Å². The average molecular weight is 262 g/mol. The predicted octanol–water partition coefficient (Wildman–Crippen LogP) is 3.44. The zero-order valence-electron chi connectivity index (χ0n) is 11.4. The van der Waals surface area contributed by atoms with Crippen LogP contribution in [-0.2, 0) is 4.74 Å². The van der Waals surface area contributed by atoms with Crippen LogP contribution in [0, 0.1) is 11.8 Å². The SMILES string of the molecule is CC(C)CCOCCNCC1CCCCC1Cl. The van der Waals surface area contributed by atoms with E-state index in [1.165, 1.54) is 25.7 Å². The van der Waals surface area contributed by atoms with Crippen LogP contribution < -0.4 is 5.32 Å². The Morgan fingerprint density at radius 1 is 1.24 bits per heavy atom. The molecule has 2 nitrogen and oxygen atoms in total. The molecule has 0 spiro atoms. The highest BCUT2D eigenvalue weighted by Crippen LogP contribution is 2.27. The van der Waals surface area contributed by atoms with E-state index in [4.69, 9.17) is 16.3 Å². The van der Waals surface area contributed by atoms with Gasteiger partial charge in [0.25, 0.3) is 0 Å². The molecule has 0 amide bonds. The molecule has 0 heterocycles. The first-order valence-corrected chi connectivity index (χ1v) is 7.56. The minimum absolute atomic E-state index is 0.387. The lowest BCUT2D eigenvalue weighted by Crippen LogP contribution is -2.32. The number of hydrogen-bond acceptors (Lipinski definition) is 2. The molecule has 1 aliphatic rings. The summed E-state index contributed by atoms with van der Waals surface area (Å²) >= 11 is 6.31. The number of rotatable bonds is 8. The molecule has 3 heteroatoms. The summed E-state index contributed by atoms with van der Waals surface area (Å²) < 4.78 is 5.57. The molecule has 1 fully saturated rings. The van der Waals surface area contributed by atoms with Gasteiger partial charge in [0.1, 0.15) is 0 Å². The fourth-order valence-corrected chi connectivity index (χ4v) is 2.61. The topological polar surface area (TPSA) is 21.3 Å². The minimum Gasteiger partial charge on any atom is -0.380 e. The van der Waals surface area contributed by atoms with Gasteiger partial charge in [-0.05, 0) is 37.6 Å². The van der Waals surface area contributed by atoms with Crippen molar-refractivity contribution in [1.29, 1.82) is 0 Å². The minimum atomic E-state index is 0.387. The summed E-state index contributed by atoms with van der Waals surface area (Å²) in [7, 11) is 0. The van der Waals surface area contributed by atoms with Gasteiger partial charge in [0, 0.05) is 18.5 Å². The lowest BCUT2D eigenvalue weighted by Gasteiger charge is -2.27. The Kier molecular flexibility index (Phi) is 8.25. The van der Waals surface area contributed by atoms with Crippen molar-refractivity contribution in [3.8, 4) is 0 Å². The smallest absolute Gasteiger partial charge is 0.0590 e. The third-order valence-electron chi connectivity index (χ3n) is 3.49. The van der Waals surface area contributed by atoms with Gasteiger partial charge in [-0.25, -0.2) is 0 Å². The summed E-state index contributed by atoms with van der Waals surface area (Å²) in [5, 5.41) is 3.85. The van der Waals surface area contributed by atoms with Crippen LogP contribution in [0.3, 0.4) is 0 Å². The molecule has 17 heavy (non-hydrogen) atoms. The van der Waals surface area contributed by atoms with Gasteiger partial charge in [-0.1, -0.05) is 26.7 Å². The molecule has 102 valence electrons. The molecule has 0 aromatic carbocycles. The molecule has 2 atom stereocenters. The quantitative estimate of drug-likeness (QED) is 0.534. The largest absolute Gasteiger partial charge is 0.380 e. The molecule has 0 aromatic rings. The van der Waals surface area contributed by atoms with E-state index in [9.17, 15) is 0 Å². The second-order valence-electron chi connectivity index (χ2n) is 5.56. The maximum absolute atomic E-state index is 6.31. The van der Waals surface area contributed by atoms with Gasteiger partial charge in [0.2, 0.25) is 0 Å². The van der Waals surface area contributed by atoms with E-state index in [0.717, 1.165) is 38.6 Å². The molecular formula is C14H28ClNO. The summed E-state index contributed by atoms with van der Waals surface area (Å²) in [6.07, 6.45) is 6.30. The van der Waals surface area contributed by atoms with Gasteiger partial charge in [-0.15, -0.1) is 11.6 Å². The molecule has 0 saturated heterocycles. The second kappa shape index (κ2) is 9.18. The first-order chi connectivity index (χ1) is 8.20. The van der Waals surface area contributed by atoms with Crippen LogP contribution >= 0.6 is 11.6 Å². The number of nitrogens with one attached hydrogen (secondary N) is 1. The van der Waals surface area contributed by atoms with Crippen molar-refractivity contribution < 1.29 is 4.74 Å². The van der Waals surface area contributed by atoms with Crippen LogP contribution in [0.1, 0.15) is 46.0 Å². The molecule has 1 saturated carbocycles. The third kappa shape index (κ3) is 7.28. The van der Waals surface area contributed by atoms with Gasteiger partial charge >= 0.3 is 0 Å². The first kappa shape index (κ1) is 15.3. The Morgan fingerprint density at radius 2 is 2.00 bits per heavy atom. The van der Waals surface area contributed by atoms with E-state index in [-0.39, 0.29) is 0 Å². The van der Waals surface area contributed by atoms with Crippen LogP contribution in [0.25, 0.3) is 0 Å². The molecule has 2 unspecified atom stereocenters. The molecule has 0 aromatic heterocycles. The number of ether oxygens (including phenoxy) is 1. The summed E-state index contributed by atoms with van der Waals surface area (Å²) in [6, 6.07) is 0. The maximum Gasteiger partial charge on any atom is 0.0590 e. The summed E-state index contributed by atoms with van der Waals surface area (Å²) in [5.41, 5.74) is 0. The Labute approximate surface area is 111 Å². The first-order valence-electron chi connectivity index (χ1n) is 7.12. The molecule has 0 aliphatic heterocycles. The molecular weight excluding hydrogens is 234 g/mol.